The van der Waals surface area contributed by atoms with Crippen molar-refractivity contribution < 1.29 is 9.59 Å². The lowest BCUT2D eigenvalue weighted by molar-refractivity contribution is -0.140. The van der Waals surface area contributed by atoms with Crippen LogP contribution in [0.3, 0.4) is 0 Å². The molecule has 0 aliphatic rings. The Kier molecular flexibility index (Phi) is 9.76. The number of amides is 2. The van der Waals surface area contributed by atoms with Crippen molar-refractivity contribution in [3.05, 3.63) is 105 Å². The van der Waals surface area contributed by atoms with Crippen molar-refractivity contribution in [2.75, 3.05) is 6.54 Å². The molecule has 3 rings (SSSR count). The minimum absolute atomic E-state index is 0.117. The number of hydrogen-bond donors (Lipinski definition) is 1. The predicted molar refractivity (Wildman–Crippen MR) is 144 cm³/mol. The summed E-state index contributed by atoms with van der Waals surface area (Å²) in [4.78, 5) is 28.9. The van der Waals surface area contributed by atoms with Crippen LogP contribution in [0.2, 0.25) is 10.0 Å². The zero-order chi connectivity index (χ0) is 25.4. The number of carbonyl (C=O) groups is 2. The average molecular weight is 511 g/mol. The van der Waals surface area contributed by atoms with E-state index in [-0.39, 0.29) is 18.2 Å². The molecule has 0 aliphatic heterocycles. The van der Waals surface area contributed by atoms with Gasteiger partial charge in [-0.3, -0.25) is 9.59 Å². The van der Waals surface area contributed by atoms with Gasteiger partial charge in [0.2, 0.25) is 11.8 Å². The summed E-state index contributed by atoms with van der Waals surface area (Å²) in [6.45, 7) is 6.98. The van der Waals surface area contributed by atoms with Crippen LogP contribution < -0.4 is 5.32 Å². The fourth-order valence-electron chi connectivity index (χ4n) is 3.91. The van der Waals surface area contributed by atoms with E-state index in [1.54, 1.807) is 23.1 Å². The van der Waals surface area contributed by atoms with Crippen LogP contribution in [-0.4, -0.2) is 29.3 Å². The lowest BCUT2D eigenvalue weighted by atomic mass is 10.0. The summed E-state index contributed by atoms with van der Waals surface area (Å²) in [5, 5.41) is 3.88. The molecule has 2 amide bonds. The first-order valence-corrected chi connectivity index (χ1v) is 12.6. The van der Waals surface area contributed by atoms with Crippen molar-refractivity contribution >= 4 is 35.0 Å². The van der Waals surface area contributed by atoms with Gasteiger partial charge < -0.3 is 10.2 Å². The Morgan fingerprint density at radius 3 is 2.23 bits per heavy atom. The molecule has 1 N–H and O–H groups in total. The number of halogens is 2. The summed E-state index contributed by atoms with van der Waals surface area (Å²) in [6, 6.07) is 22.3. The van der Waals surface area contributed by atoms with Gasteiger partial charge in [-0.15, -0.1) is 0 Å². The highest BCUT2D eigenvalue weighted by Gasteiger charge is 2.30. The summed E-state index contributed by atoms with van der Waals surface area (Å²) in [5.41, 5.74) is 3.82. The summed E-state index contributed by atoms with van der Waals surface area (Å²) in [7, 11) is 0. The smallest absolute Gasteiger partial charge is 0.243 e. The third kappa shape index (κ3) is 8.12. The maximum atomic E-state index is 13.7. The third-order valence-electron chi connectivity index (χ3n) is 5.73. The van der Waals surface area contributed by atoms with Crippen molar-refractivity contribution in [3.63, 3.8) is 0 Å². The van der Waals surface area contributed by atoms with E-state index >= 15 is 0 Å². The van der Waals surface area contributed by atoms with Gasteiger partial charge in [-0.1, -0.05) is 103 Å². The zero-order valence-electron chi connectivity index (χ0n) is 20.4. The molecule has 6 heteroatoms. The zero-order valence-corrected chi connectivity index (χ0v) is 21.9. The van der Waals surface area contributed by atoms with Crippen LogP contribution in [0, 0.1) is 12.8 Å². The van der Waals surface area contributed by atoms with Crippen molar-refractivity contribution in [3.8, 4) is 0 Å². The van der Waals surface area contributed by atoms with Gasteiger partial charge in [-0.25, -0.2) is 0 Å². The first kappa shape index (κ1) is 26.8. The molecule has 0 heterocycles. The molecule has 0 spiro atoms. The Bertz CT molecular complexity index is 1150. The van der Waals surface area contributed by atoms with Gasteiger partial charge in [0.15, 0.2) is 0 Å². The summed E-state index contributed by atoms with van der Waals surface area (Å²) in [5.74, 6) is -0.00308. The molecule has 0 saturated carbocycles. The number of nitrogens with one attached hydrogen (secondary N) is 1. The fraction of sp³-hybridized carbons (Fsp3) is 0.310. The number of benzene rings is 3. The standard InChI is InChI=1S/C29H32Cl2N2O2/c1-20(2)18-32-29(35)27(16-22-9-5-4-6-10-22)33(19-24-11-7-8-21(3)14-24)28(34)17-23-12-13-25(30)26(31)15-23/h4-15,20,27H,16-19H2,1-3H3,(H,32,35). The molecule has 3 aromatic carbocycles. The molecule has 1 unspecified atom stereocenters. The molecule has 0 aliphatic carbocycles. The quantitative estimate of drug-likeness (QED) is 0.350. The number of rotatable bonds is 10. The van der Waals surface area contributed by atoms with E-state index in [0.717, 1.165) is 22.3 Å². The number of aryl methyl sites for hydroxylation is 1. The number of hydrogen-bond acceptors (Lipinski definition) is 2. The van der Waals surface area contributed by atoms with Crippen molar-refractivity contribution in [2.24, 2.45) is 5.92 Å². The Morgan fingerprint density at radius 2 is 1.57 bits per heavy atom. The molecule has 0 bridgehead atoms. The largest absolute Gasteiger partial charge is 0.354 e. The maximum Gasteiger partial charge on any atom is 0.243 e. The number of carbonyl (C=O) groups excluding carboxylic acids is 2. The molecule has 35 heavy (non-hydrogen) atoms. The summed E-state index contributed by atoms with van der Waals surface area (Å²) >= 11 is 12.3. The van der Waals surface area contributed by atoms with Gasteiger partial charge in [0.05, 0.1) is 16.5 Å². The third-order valence-corrected chi connectivity index (χ3v) is 6.47. The highest BCUT2D eigenvalue weighted by Crippen LogP contribution is 2.24. The van der Waals surface area contributed by atoms with Crippen molar-refractivity contribution in [2.45, 2.75) is 46.2 Å². The molecule has 1 atom stereocenters. The van der Waals surface area contributed by atoms with Crippen LogP contribution in [0.1, 0.15) is 36.1 Å². The van der Waals surface area contributed by atoms with Crippen molar-refractivity contribution in [1.82, 2.24) is 10.2 Å². The fourth-order valence-corrected chi connectivity index (χ4v) is 4.23. The molecule has 184 valence electrons. The molecule has 0 radical (unpaired) electrons. The van der Waals surface area contributed by atoms with Gasteiger partial charge in [0, 0.05) is 19.5 Å². The van der Waals surface area contributed by atoms with E-state index in [4.69, 9.17) is 23.2 Å². The van der Waals surface area contributed by atoms with Crippen LogP contribution in [0.15, 0.2) is 72.8 Å². The van der Waals surface area contributed by atoms with E-state index < -0.39 is 6.04 Å². The van der Waals surface area contributed by atoms with Gasteiger partial charge in [0.1, 0.15) is 6.04 Å². The van der Waals surface area contributed by atoms with E-state index in [9.17, 15) is 9.59 Å². The SMILES string of the molecule is Cc1cccc(CN(C(=O)Cc2ccc(Cl)c(Cl)c2)C(Cc2ccccc2)C(=O)NCC(C)C)c1. The second-order valence-electron chi connectivity index (χ2n) is 9.28. The van der Waals surface area contributed by atoms with Crippen LogP contribution >= 0.6 is 23.2 Å². The Morgan fingerprint density at radius 1 is 0.857 bits per heavy atom. The van der Waals surface area contributed by atoms with Crippen LogP contribution in [-0.2, 0) is 29.0 Å². The van der Waals surface area contributed by atoms with Crippen LogP contribution in [0.25, 0.3) is 0 Å². The second-order valence-corrected chi connectivity index (χ2v) is 10.1. The molecule has 0 saturated heterocycles. The number of nitrogens with zero attached hydrogens (tertiary/aromatic N) is 1. The van der Waals surface area contributed by atoms with Gasteiger partial charge in [-0.05, 0) is 41.7 Å². The van der Waals surface area contributed by atoms with Crippen LogP contribution in [0.4, 0.5) is 0 Å². The van der Waals surface area contributed by atoms with E-state index in [1.807, 2.05) is 75.4 Å². The van der Waals surface area contributed by atoms with E-state index in [1.165, 1.54) is 0 Å². The lowest BCUT2D eigenvalue weighted by Gasteiger charge is -2.32. The lowest BCUT2D eigenvalue weighted by Crippen LogP contribution is -2.51. The molecule has 0 aromatic heterocycles. The van der Waals surface area contributed by atoms with Gasteiger partial charge >= 0.3 is 0 Å². The minimum Gasteiger partial charge on any atom is -0.354 e. The van der Waals surface area contributed by atoms with Gasteiger partial charge in [-0.2, -0.15) is 0 Å². The first-order valence-electron chi connectivity index (χ1n) is 11.8. The highest BCUT2D eigenvalue weighted by atomic mass is 35.5. The molecule has 0 fully saturated rings. The summed E-state index contributed by atoms with van der Waals surface area (Å²) < 4.78 is 0. The first-order chi connectivity index (χ1) is 16.7. The molecular formula is C29H32Cl2N2O2. The Hall–Kier alpha value is -2.82. The Balaban J connectivity index is 1.96. The molecule has 3 aromatic rings. The minimum atomic E-state index is -0.660. The normalized spacial score (nSPS) is 11.8. The van der Waals surface area contributed by atoms with Crippen LogP contribution in [0.5, 0.6) is 0 Å². The molecule has 4 nitrogen and oxygen atoms in total. The predicted octanol–water partition coefficient (Wildman–Crippen LogP) is 6.26. The Labute approximate surface area is 218 Å². The monoisotopic (exact) mass is 510 g/mol. The van der Waals surface area contributed by atoms with E-state index in [0.29, 0.717) is 35.5 Å². The molecular weight excluding hydrogens is 479 g/mol. The second kappa shape index (κ2) is 12.8. The van der Waals surface area contributed by atoms with E-state index in [2.05, 4.69) is 5.32 Å². The maximum absolute atomic E-state index is 13.7. The topological polar surface area (TPSA) is 49.4 Å². The van der Waals surface area contributed by atoms with Crippen molar-refractivity contribution in [1.29, 1.82) is 0 Å². The summed E-state index contributed by atoms with van der Waals surface area (Å²) in [6.07, 6.45) is 0.537. The highest BCUT2D eigenvalue weighted by molar-refractivity contribution is 6.42. The van der Waals surface area contributed by atoms with Gasteiger partial charge in [0.25, 0.3) is 0 Å². The average Bonchev–Trinajstić information content (AvgIpc) is 2.82.